The van der Waals surface area contributed by atoms with Gasteiger partial charge in [-0.2, -0.15) is 0 Å². The first-order valence-electron chi connectivity index (χ1n) is 8.63. The highest BCUT2D eigenvalue weighted by Gasteiger charge is 2.53. The lowest BCUT2D eigenvalue weighted by atomic mass is 10.00. The average Bonchev–Trinajstić information content (AvgIpc) is 3.33. The van der Waals surface area contributed by atoms with E-state index >= 15 is 0 Å². The zero-order chi connectivity index (χ0) is 17.1. The third-order valence-corrected chi connectivity index (χ3v) is 4.79. The van der Waals surface area contributed by atoms with Crippen molar-refractivity contribution in [3.63, 3.8) is 0 Å². The van der Waals surface area contributed by atoms with Gasteiger partial charge in [-0.1, -0.05) is 65.8 Å². The highest BCUT2D eigenvalue weighted by atomic mass is 16.5. The number of carbonyl (C=O) groups excluding carboxylic acids is 1. The fraction of sp³-hybridized carbons (Fsp3) is 0.238. The summed E-state index contributed by atoms with van der Waals surface area (Å²) in [6.45, 7) is 0.633. The summed E-state index contributed by atoms with van der Waals surface area (Å²) >= 11 is 0. The molecule has 0 aliphatic heterocycles. The van der Waals surface area contributed by atoms with Crippen LogP contribution >= 0.6 is 0 Å². The number of hydrogen-bond acceptors (Lipinski definition) is 3. The molecule has 0 bridgehead atoms. The molecule has 3 aromatic rings. The Hall–Kier alpha value is -2.88. The number of rotatable bonds is 6. The predicted molar refractivity (Wildman–Crippen MR) is 96.0 cm³/mol. The van der Waals surface area contributed by atoms with Gasteiger partial charge in [0.1, 0.15) is 0 Å². The first kappa shape index (κ1) is 15.6. The van der Waals surface area contributed by atoms with E-state index < -0.39 is 5.41 Å². The van der Waals surface area contributed by atoms with Crippen molar-refractivity contribution < 1.29 is 9.32 Å². The molecular weight excluding hydrogens is 312 g/mol. The lowest BCUT2D eigenvalue weighted by Crippen LogP contribution is -2.36. The van der Waals surface area contributed by atoms with E-state index in [1.807, 2.05) is 54.6 Å². The van der Waals surface area contributed by atoms with E-state index in [4.69, 9.17) is 4.52 Å². The lowest BCUT2D eigenvalue weighted by Gasteiger charge is -2.12. The molecule has 4 rings (SSSR count). The first-order valence-corrected chi connectivity index (χ1v) is 8.63. The van der Waals surface area contributed by atoms with Gasteiger partial charge >= 0.3 is 0 Å². The zero-order valence-corrected chi connectivity index (χ0v) is 13.9. The van der Waals surface area contributed by atoms with Crippen LogP contribution in [0.5, 0.6) is 0 Å². The van der Waals surface area contributed by atoms with E-state index in [0.717, 1.165) is 30.5 Å². The van der Waals surface area contributed by atoms with Crippen molar-refractivity contribution in [2.75, 3.05) is 6.54 Å². The molecule has 1 aliphatic carbocycles. The van der Waals surface area contributed by atoms with Gasteiger partial charge in [0.15, 0.2) is 5.76 Å². The molecule has 1 heterocycles. The SMILES string of the molecule is O=C(NCCc1ccccc1)C1(c2cc(-c3ccccc3)on2)CC1. The van der Waals surface area contributed by atoms with Crippen LogP contribution in [0.1, 0.15) is 24.1 Å². The number of aromatic nitrogens is 1. The maximum Gasteiger partial charge on any atom is 0.232 e. The Labute approximate surface area is 146 Å². The molecule has 25 heavy (non-hydrogen) atoms. The standard InChI is InChI=1S/C21H20N2O2/c24-20(22-14-11-16-7-3-1-4-8-16)21(12-13-21)19-15-18(25-23-19)17-9-5-2-6-10-17/h1-10,15H,11-14H2,(H,22,24). The van der Waals surface area contributed by atoms with Crippen molar-refractivity contribution in [1.29, 1.82) is 0 Å². The summed E-state index contributed by atoms with van der Waals surface area (Å²) in [4.78, 5) is 12.7. The molecule has 1 fully saturated rings. The Morgan fingerprint density at radius 2 is 1.72 bits per heavy atom. The number of hydrogen-bond donors (Lipinski definition) is 1. The predicted octanol–water partition coefficient (Wildman–Crippen LogP) is 3.73. The topological polar surface area (TPSA) is 55.1 Å². The van der Waals surface area contributed by atoms with Crippen LogP contribution < -0.4 is 5.32 Å². The quantitative estimate of drug-likeness (QED) is 0.748. The van der Waals surface area contributed by atoms with Crippen molar-refractivity contribution in [2.24, 2.45) is 0 Å². The molecule has 2 aromatic carbocycles. The summed E-state index contributed by atoms with van der Waals surface area (Å²) in [5.41, 5.74) is 2.43. The van der Waals surface area contributed by atoms with Crippen LogP contribution in [-0.2, 0) is 16.6 Å². The van der Waals surface area contributed by atoms with Gasteiger partial charge in [-0.05, 0) is 24.8 Å². The molecular formula is C21H20N2O2. The second-order valence-electron chi connectivity index (χ2n) is 6.52. The van der Waals surface area contributed by atoms with Gasteiger partial charge in [0.25, 0.3) is 0 Å². The van der Waals surface area contributed by atoms with Gasteiger partial charge in [-0.25, -0.2) is 0 Å². The van der Waals surface area contributed by atoms with Gasteiger partial charge in [0.05, 0.1) is 11.1 Å². The third kappa shape index (κ3) is 3.20. The fourth-order valence-electron chi connectivity index (χ4n) is 3.10. The molecule has 1 aromatic heterocycles. The molecule has 1 N–H and O–H groups in total. The lowest BCUT2D eigenvalue weighted by molar-refractivity contribution is -0.123. The van der Waals surface area contributed by atoms with Crippen LogP contribution in [0.3, 0.4) is 0 Å². The highest BCUT2D eigenvalue weighted by molar-refractivity contribution is 5.91. The molecule has 0 spiro atoms. The van der Waals surface area contributed by atoms with Crippen molar-refractivity contribution in [3.05, 3.63) is 78.0 Å². The molecule has 1 saturated carbocycles. The minimum atomic E-state index is -0.507. The molecule has 1 aliphatic rings. The van der Waals surface area contributed by atoms with E-state index in [-0.39, 0.29) is 5.91 Å². The van der Waals surface area contributed by atoms with E-state index in [1.165, 1.54) is 5.56 Å². The van der Waals surface area contributed by atoms with Gasteiger partial charge in [0, 0.05) is 18.2 Å². The molecule has 4 nitrogen and oxygen atoms in total. The summed E-state index contributed by atoms with van der Waals surface area (Å²) in [6, 6.07) is 21.9. The van der Waals surface area contributed by atoms with E-state index in [0.29, 0.717) is 12.3 Å². The number of nitrogens with one attached hydrogen (secondary N) is 1. The van der Waals surface area contributed by atoms with Crippen LogP contribution in [0.4, 0.5) is 0 Å². The van der Waals surface area contributed by atoms with Crippen LogP contribution in [0.25, 0.3) is 11.3 Å². The average molecular weight is 332 g/mol. The summed E-state index contributed by atoms with van der Waals surface area (Å²) < 4.78 is 5.47. The Balaban J connectivity index is 1.42. The third-order valence-electron chi connectivity index (χ3n) is 4.79. The van der Waals surface area contributed by atoms with E-state index in [9.17, 15) is 4.79 Å². The summed E-state index contributed by atoms with van der Waals surface area (Å²) in [5.74, 6) is 0.760. The van der Waals surface area contributed by atoms with Crippen molar-refractivity contribution in [1.82, 2.24) is 10.5 Å². The Morgan fingerprint density at radius 3 is 2.40 bits per heavy atom. The first-order chi connectivity index (χ1) is 12.3. The molecule has 0 radical (unpaired) electrons. The van der Waals surface area contributed by atoms with Crippen molar-refractivity contribution in [2.45, 2.75) is 24.7 Å². The van der Waals surface area contributed by atoms with Crippen molar-refractivity contribution in [3.8, 4) is 11.3 Å². The second-order valence-corrected chi connectivity index (χ2v) is 6.52. The normalized spacial score (nSPS) is 14.9. The maximum atomic E-state index is 12.7. The molecule has 0 saturated heterocycles. The Kier molecular flexibility index (Phi) is 4.10. The van der Waals surface area contributed by atoms with Crippen LogP contribution in [-0.4, -0.2) is 17.6 Å². The molecule has 126 valence electrons. The number of amides is 1. The summed E-state index contributed by atoms with van der Waals surface area (Å²) in [7, 11) is 0. The summed E-state index contributed by atoms with van der Waals surface area (Å²) in [6.07, 6.45) is 2.48. The monoisotopic (exact) mass is 332 g/mol. The number of nitrogens with zero attached hydrogens (tertiary/aromatic N) is 1. The second kappa shape index (κ2) is 6.55. The maximum absolute atomic E-state index is 12.7. The highest BCUT2D eigenvalue weighted by Crippen LogP contribution is 2.48. The molecule has 0 atom stereocenters. The molecule has 1 amide bonds. The Morgan fingerprint density at radius 1 is 1.04 bits per heavy atom. The van der Waals surface area contributed by atoms with Crippen molar-refractivity contribution >= 4 is 5.91 Å². The van der Waals surface area contributed by atoms with Crippen LogP contribution in [0, 0.1) is 0 Å². The molecule has 4 heteroatoms. The van der Waals surface area contributed by atoms with E-state index in [1.54, 1.807) is 0 Å². The van der Waals surface area contributed by atoms with Gasteiger partial charge in [-0.15, -0.1) is 0 Å². The smallest absolute Gasteiger partial charge is 0.232 e. The van der Waals surface area contributed by atoms with Gasteiger partial charge < -0.3 is 9.84 Å². The van der Waals surface area contributed by atoms with Crippen LogP contribution in [0.15, 0.2) is 71.3 Å². The Bertz CT molecular complexity index is 852. The van der Waals surface area contributed by atoms with E-state index in [2.05, 4.69) is 22.6 Å². The number of benzene rings is 2. The summed E-state index contributed by atoms with van der Waals surface area (Å²) in [5, 5.41) is 7.24. The minimum absolute atomic E-state index is 0.0522. The minimum Gasteiger partial charge on any atom is -0.356 e. The fourth-order valence-corrected chi connectivity index (χ4v) is 3.10. The van der Waals surface area contributed by atoms with Gasteiger partial charge in [0.2, 0.25) is 5.91 Å². The zero-order valence-electron chi connectivity index (χ0n) is 13.9. The molecule has 0 unspecified atom stereocenters. The van der Waals surface area contributed by atoms with Gasteiger partial charge in [-0.3, -0.25) is 4.79 Å². The van der Waals surface area contributed by atoms with Crippen LogP contribution in [0.2, 0.25) is 0 Å². The number of carbonyl (C=O) groups is 1. The largest absolute Gasteiger partial charge is 0.356 e.